The van der Waals surface area contributed by atoms with Gasteiger partial charge in [0.2, 0.25) is 5.91 Å². The van der Waals surface area contributed by atoms with E-state index in [2.05, 4.69) is 9.69 Å². The molecule has 2 aliphatic rings. The van der Waals surface area contributed by atoms with Gasteiger partial charge in [-0.1, -0.05) is 43.5 Å². The molecular formula is C30H35N5O5S. The summed E-state index contributed by atoms with van der Waals surface area (Å²) in [6.07, 6.45) is 7.53. The molecule has 1 aliphatic heterocycles. The summed E-state index contributed by atoms with van der Waals surface area (Å²) in [5, 5.41) is 12.9. The number of nitrogens with two attached hydrogens (primary N) is 2. The van der Waals surface area contributed by atoms with Gasteiger partial charge in [0.25, 0.3) is 11.8 Å². The molecule has 0 radical (unpaired) electrons. The molecule has 1 aliphatic carbocycles. The van der Waals surface area contributed by atoms with Gasteiger partial charge in [-0.2, -0.15) is 4.37 Å². The van der Waals surface area contributed by atoms with Crippen LogP contribution in [-0.2, 0) is 9.53 Å². The summed E-state index contributed by atoms with van der Waals surface area (Å²) in [5.41, 5.74) is 13.4. The molecule has 1 saturated carbocycles. The standard InChI is InChI=1S/C30H35N5O5S/c31-24-25(28(32)37)34-41-27(24)30(39)35(21-12-8-19(9-13-21)18-5-2-1-3-6-18)26(20-10-14-22(36)15-11-20)29(38)33-17-23-7-4-16-40-23/h8-15,18,23,26,36H,1-7,16-17,31H2,(H2,32,37)(H,33,38)/t23-,26-/m1/s1. The second-order valence-electron chi connectivity index (χ2n) is 10.6. The number of benzene rings is 2. The van der Waals surface area contributed by atoms with Crippen LogP contribution in [0.25, 0.3) is 0 Å². The molecule has 5 rings (SSSR count). The summed E-state index contributed by atoms with van der Waals surface area (Å²) in [7, 11) is 0. The van der Waals surface area contributed by atoms with E-state index in [4.69, 9.17) is 16.2 Å². The van der Waals surface area contributed by atoms with Crippen molar-refractivity contribution >= 4 is 40.6 Å². The molecular weight excluding hydrogens is 542 g/mol. The van der Waals surface area contributed by atoms with Gasteiger partial charge < -0.3 is 26.6 Å². The number of carbonyl (C=O) groups excluding carboxylic acids is 3. The molecule has 3 aromatic rings. The SMILES string of the molecule is NC(=O)c1nsc(C(=O)N(c2ccc(C3CCCCC3)cc2)[C@@H](C(=O)NC[C@H]2CCCO2)c2ccc(O)cc2)c1N. The van der Waals surface area contributed by atoms with Crippen molar-refractivity contribution < 1.29 is 24.2 Å². The van der Waals surface area contributed by atoms with Crippen molar-refractivity contribution in [1.29, 1.82) is 0 Å². The largest absolute Gasteiger partial charge is 0.508 e. The Morgan fingerprint density at radius 1 is 1.02 bits per heavy atom. The van der Waals surface area contributed by atoms with Gasteiger partial charge in [0.05, 0.1) is 11.8 Å². The van der Waals surface area contributed by atoms with Gasteiger partial charge in [-0.3, -0.25) is 19.3 Å². The molecule has 2 fully saturated rings. The van der Waals surface area contributed by atoms with E-state index in [0.29, 0.717) is 30.3 Å². The smallest absolute Gasteiger partial charge is 0.273 e. The molecule has 11 heteroatoms. The first kappa shape index (κ1) is 28.6. The van der Waals surface area contributed by atoms with Crippen LogP contribution in [0, 0.1) is 0 Å². The topological polar surface area (TPSA) is 161 Å². The lowest BCUT2D eigenvalue weighted by Gasteiger charge is -2.32. The summed E-state index contributed by atoms with van der Waals surface area (Å²) in [6.45, 7) is 0.942. The predicted octanol–water partition coefficient (Wildman–Crippen LogP) is 4.26. The number of aromatic hydroxyl groups is 1. The van der Waals surface area contributed by atoms with Crippen molar-refractivity contribution in [3.8, 4) is 5.75 Å². The summed E-state index contributed by atoms with van der Waals surface area (Å²) in [5.74, 6) is -1.37. The molecule has 3 amide bonds. The zero-order valence-corrected chi connectivity index (χ0v) is 23.6. The van der Waals surface area contributed by atoms with E-state index >= 15 is 0 Å². The molecule has 41 heavy (non-hydrogen) atoms. The monoisotopic (exact) mass is 577 g/mol. The molecule has 2 aromatic carbocycles. The number of phenols is 1. The zero-order chi connectivity index (χ0) is 28.9. The second kappa shape index (κ2) is 12.7. The minimum atomic E-state index is -1.12. The highest BCUT2D eigenvalue weighted by atomic mass is 32.1. The van der Waals surface area contributed by atoms with Crippen molar-refractivity contribution in [1.82, 2.24) is 9.69 Å². The second-order valence-corrected chi connectivity index (χ2v) is 11.4. The fourth-order valence-corrected chi connectivity index (χ4v) is 6.40. The van der Waals surface area contributed by atoms with Gasteiger partial charge in [-0.05, 0) is 78.5 Å². The Kier molecular flexibility index (Phi) is 8.84. The van der Waals surface area contributed by atoms with E-state index in [1.807, 2.05) is 24.3 Å². The van der Waals surface area contributed by atoms with Crippen LogP contribution in [0.5, 0.6) is 5.75 Å². The molecule has 10 nitrogen and oxygen atoms in total. The normalized spacial score (nSPS) is 18.1. The predicted molar refractivity (Wildman–Crippen MR) is 157 cm³/mol. The van der Waals surface area contributed by atoms with E-state index in [1.54, 1.807) is 12.1 Å². The van der Waals surface area contributed by atoms with E-state index in [-0.39, 0.29) is 28.1 Å². The zero-order valence-electron chi connectivity index (χ0n) is 22.8. The lowest BCUT2D eigenvalue weighted by Crippen LogP contribution is -2.45. The molecule has 0 unspecified atom stereocenters. The number of nitrogens with one attached hydrogen (secondary N) is 1. The van der Waals surface area contributed by atoms with Crippen molar-refractivity contribution in [3.63, 3.8) is 0 Å². The molecule has 2 atom stereocenters. The van der Waals surface area contributed by atoms with Gasteiger partial charge >= 0.3 is 0 Å². The summed E-state index contributed by atoms with van der Waals surface area (Å²) >= 11 is 0.763. The Balaban J connectivity index is 1.56. The average Bonchev–Trinajstić information content (AvgIpc) is 3.65. The molecule has 6 N–H and O–H groups in total. The average molecular weight is 578 g/mol. The number of nitrogen functional groups attached to an aromatic ring is 1. The third-order valence-corrected chi connectivity index (χ3v) is 8.72. The van der Waals surface area contributed by atoms with Crippen LogP contribution < -0.4 is 21.7 Å². The van der Waals surface area contributed by atoms with E-state index < -0.39 is 23.8 Å². The highest BCUT2D eigenvalue weighted by Crippen LogP contribution is 2.37. The van der Waals surface area contributed by atoms with Crippen LogP contribution in [0.2, 0.25) is 0 Å². The Bertz CT molecular complexity index is 1380. The van der Waals surface area contributed by atoms with E-state index in [1.165, 1.54) is 41.9 Å². The Hall–Kier alpha value is -3.96. The third-order valence-electron chi connectivity index (χ3n) is 7.87. The van der Waals surface area contributed by atoms with Crippen molar-refractivity contribution in [2.45, 2.75) is 63.0 Å². The van der Waals surface area contributed by atoms with Gasteiger partial charge in [0.15, 0.2) is 5.69 Å². The minimum Gasteiger partial charge on any atom is -0.508 e. The maximum atomic E-state index is 14.2. The van der Waals surface area contributed by atoms with E-state index in [0.717, 1.165) is 37.2 Å². The number of carbonyl (C=O) groups is 3. The van der Waals surface area contributed by atoms with Crippen molar-refractivity contribution in [3.05, 3.63) is 70.2 Å². The number of nitrogens with zero attached hydrogens (tertiary/aromatic N) is 2. The summed E-state index contributed by atoms with van der Waals surface area (Å²) in [6, 6.07) is 12.7. The lowest BCUT2D eigenvalue weighted by molar-refractivity contribution is -0.123. The lowest BCUT2D eigenvalue weighted by atomic mass is 9.84. The number of primary amides is 1. The van der Waals surface area contributed by atoms with Crippen LogP contribution in [0.3, 0.4) is 0 Å². The third kappa shape index (κ3) is 6.36. The fraction of sp³-hybridized carbons (Fsp3) is 0.400. The number of aromatic nitrogens is 1. The number of rotatable bonds is 9. The van der Waals surface area contributed by atoms with Crippen LogP contribution in [-0.4, -0.2) is 46.5 Å². The number of anilines is 2. The van der Waals surface area contributed by atoms with Gasteiger partial charge in [-0.15, -0.1) is 0 Å². The Morgan fingerprint density at radius 2 is 1.73 bits per heavy atom. The first-order valence-electron chi connectivity index (χ1n) is 14.0. The maximum absolute atomic E-state index is 14.2. The summed E-state index contributed by atoms with van der Waals surface area (Å²) < 4.78 is 9.69. The fourth-order valence-electron chi connectivity index (χ4n) is 5.66. The van der Waals surface area contributed by atoms with Crippen molar-refractivity contribution in [2.75, 3.05) is 23.8 Å². The van der Waals surface area contributed by atoms with Crippen LogP contribution >= 0.6 is 11.5 Å². The highest BCUT2D eigenvalue weighted by Gasteiger charge is 2.36. The molecule has 2 heterocycles. The Morgan fingerprint density at radius 3 is 2.34 bits per heavy atom. The minimum absolute atomic E-state index is 0.00543. The highest BCUT2D eigenvalue weighted by molar-refractivity contribution is 7.09. The van der Waals surface area contributed by atoms with Crippen LogP contribution in [0.4, 0.5) is 11.4 Å². The first-order chi connectivity index (χ1) is 19.8. The van der Waals surface area contributed by atoms with Gasteiger partial charge in [0.1, 0.15) is 16.7 Å². The van der Waals surface area contributed by atoms with Crippen molar-refractivity contribution in [2.24, 2.45) is 5.73 Å². The summed E-state index contributed by atoms with van der Waals surface area (Å²) in [4.78, 5) is 41.4. The molecule has 216 valence electrons. The number of phenolic OH excluding ortho intramolecular Hbond substituents is 1. The molecule has 1 saturated heterocycles. The molecule has 0 bridgehead atoms. The molecule has 1 aromatic heterocycles. The first-order valence-corrected chi connectivity index (χ1v) is 14.8. The molecule has 0 spiro atoms. The van der Waals surface area contributed by atoms with Crippen LogP contribution in [0.1, 0.15) is 88.2 Å². The van der Waals surface area contributed by atoms with E-state index in [9.17, 15) is 19.5 Å². The number of ether oxygens (including phenoxy) is 1. The van der Waals surface area contributed by atoms with Gasteiger partial charge in [0, 0.05) is 18.8 Å². The Labute approximate surface area is 242 Å². The number of amides is 3. The number of hydrogen-bond donors (Lipinski definition) is 4. The quantitative estimate of drug-likeness (QED) is 0.295. The number of hydrogen-bond acceptors (Lipinski definition) is 8. The maximum Gasteiger partial charge on any atom is 0.273 e. The van der Waals surface area contributed by atoms with Crippen LogP contribution in [0.15, 0.2) is 48.5 Å². The van der Waals surface area contributed by atoms with Gasteiger partial charge in [-0.25, -0.2) is 0 Å².